The first-order chi connectivity index (χ1) is 21.0. The Hall–Kier alpha value is -3.15. The van der Waals surface area contributed by atoms with Crippen molar-refractivity contribution >= 4 is 17.9 Å². The Morgan fingerprint density at radius 1 is 0.488 bits per heavy atom. The van der Waals surface area contributed by atoms with Gasteiger partial charge in [0, 0.05) is 12.8 Å². The van der Waals surface area contributed by atoms with Crippen molar-refractivity contribution in [1.29, 1.82) is 0 Å². The van der Waals surface area contributed by atoms with Crippen molar-refractivity contribution in [3.63, 3.8) is 0 Å². The molecule has 0 saturated carbocycles. The molecule has 0 N–H and O–H groups in total. The van der Waals surface area contributed by atoms with Crippen LogP contribution in [0.3, 0.4) is 0 Å². The standard InChI is InChI=1S/C37H58O6/c1-4-7-10-11-12-13-14-15-16-17-18-19-20-21-22-23-24-25-28-31-37(40)43-34(32-41-35(38)29-26-8-5-2)33-42-36(39)30-27-9-6-3/h10-11,13-14,16-17,19-20,22-23,25,28,34H,4-9,12,15,18,21,24,26-27,29-33H2,1-3H3. The van der Waals surface area contributed by atoms with Crippen LogP contribution in [0.5, 0.6) is 0 Å². The van der Waals surface area contributed by atoms with Crippen LogP contribution in [-0.2, 0) is 28.6 Å². The second-order valence-electron chi connectivity index (χ2n) is 10.4. The van der Waals surface area contributed by atoms with E-state index in [1.165, 1.54) is 6.42 Å². The summed E-state index contributed by atoms with van der Waals surface area (Å²) in [6.45, 7) is 6.07. The van der Waals surface area contributed by atoms with E-state index in [-0.39, 0.29) is 31.6 Å². The van der Waals surface area contributed by atoms with Crippen molar-refractivity contribution in [2.45, 2.75) is 130 Å². The summed E-state index contributed by atoms with van der Waals surface area (Å²) in [5.41, 5.74) is 0. The molecule has 0 atom stereocenters. The maximum atomic E-state index is 12.4. The van der Waals surface area contributed by atoms with Gasteiger partial charge >= 0.3 is 17.9 Å². The van der Waals surface area contributed by atoms with Gasteiger partial charge in [-0.2, -0.15) is 0 Å². The minimum atomic E-state index is -0.818. The molecule has 0 saturated heterocycles. The van der Waals surface area contributed by atoms with E-state index in [9.17, 15) is 14.4 Å². The summed E-state index contributed by atoms with van der Waals surface area (Å²) < 4.78 is 16.0. The summed E-state index contributed by atoms with van der Waals surface area (Å²) in [6, 6.07) is 0. The molecule has 0 heterocycles. The Morgan fingerprint density at radius 2 is 0.884 bits per heavy atom. The van der Waals surface area contributed by atoms with Gasteiger partial charge in [0.25, 0.3) is 0 Å². The van der Waals surface area contributed by atoms with Crippen LogP contribution in [-0.4, -0.2) is 37.2 Å². The van der Waals surface area contributed by atoms with Crippen molar-refractivity contribution in [3.05, 3.63) is 72.9 Å². The van der Waals surface area contributed by atoms with Crippen LogP contribution in [0.25, 0.3) is 0 Å². The Kier molecular flexibility index (Phi) is 29.5. The van der Waals surface area contributed by atoms with Gasteiger partial charge in [0.05, 0.1) is 6.42 Å². The van der Waals surface area contributed by atoms with Crippen LogP contribution >= 0.6 is 0 Å². The molecule has 6 nitrogen and oxygen atoms in total. The number of hydrogen-bond donors (Lipinski definition) is 0. The maximum Gasteiger partial charge on any atom is 0.310 e. The van der Waals surface area contributed by atoms with Gasteiger partial charge in [-0.15, -0.1) is 0 Å². The molecule has 242 valence electrons. The minimum absolute atomic E-state index is 0.0935. The number of ether oxygens (including phenoxy) is 3. The molecule has 0 aromatic rings. The van der Waals surface area contributed by atoms with Gasteiger partial charge in [-0.05, 0) is 51.4 Å². The third-order valence-corrected chi connectivity index (χ3v) is 6.23. The third-order valence-electron chi connectivity index (χ3n) is 6.23. The smallest absolute Gasteiger partial charge is 0.310 e. The predicted molar refractivity (Wildman–Crippen MR) is 178 cm³/mol. The highest BCUT2D eigenvalue weighted by Crippen LogP contribution is 2.06. The summed E-state index contributed by atoms with van der Waals surface area (Å²) in [5.74, 6) is -1.13. The Bertz CT molecular complexity index is 852. The first kappa shape index (κ1) is 39.8. The van der Waals surface area contributed by atoms with Gasteiger partial charge in [-0.25, -0.2) is 0 Å². The number of carbonyl (C=O) groups is 3. The monoisotopic (exact) mass is 598 g/mol. The first-order valence-corrected chi connectivity index (χ1v) is 16.4. The summed E-state index contributed by atoms with van der Waals surface area (Å²) in [7, 11) is 0. The molecule has 0 aliphatic heterocycles. The molecular weight excluding hydrogens is 540 g/mol. The Morgan fingerprint density at radius 3 is 1.28 bits per heavy atom. The number of hydrogen-bond acceptors (Lipinski definition) is 6. The fourth-order valence-corrected chi connectivity index (χ4v) is 3.72. The van der Waals surface area contributed by atoms with E-state index in [0.717, 1.165) is 77.0 Å². The molecule has 0 aromatic carbocycles. The van der Waals surface area contributed by atoms with Crippen LogP contribution in [0, 0.1) is 0 Å². The number of esters is 3. The lowest BCUT2D eigenvalue weighted by Crippen LogP contribution is -2.30. The van der Waals surface area contributed by atoms with Crippen molar-refractivity contribution in [1.82, 2.24) is 0 Å². The van der Waals surface area contributed by atoms with E-state index < -0.39 is 12.1 Å². The van der Waals surface area contributed by atoms with Crippen molar-refractivity contribution in [3.8, 4) is 0 Å². The lowest BCUT2D eigenvalue weighted by molar-refractivity contribution is -0.166. The molecule has 0 bridgehead atoms. The van der Waals surface area contributed by atoms with Gasteiger partial charge in [0.2, 0.25) is 0 Å². The zero-order chi connectivity index (χ0) is 31.6. The maximum absolute atomic E-state index is 12.4. The SMILES string of the molecule is CCCC=CCC=CCC=CCC=CCC=CCC=CCC(=O)OC(COC(=O)CCCCC)COC(=O)CCCCC. The number of unbranched alkanes of at least 4 members (excludes halogenated alkanes) is 5. The zero-order valence-electron chi connectivity index (χ0n) is 27.2. The molecular formula is C37H58O6. The highest BCUT2D eigenvalue weighted by atomic mass is 16.6. The van der Waals surface area contributed by atoms with Gasteiger partial charge < -0.3 is 14.2 Å². The van der Waals surface area contributed by atoms with Gasteiger partial charge in [-0.3, -0.25) is 14.4 Å². The highest BCUT2D eigenvalue weighted by molar-refractivity contribution is 5.72. The summed E-state index contributed by atoms with van der Waals surface area (Å²) in [4.78, 5) is 36.3. The van der Waals surface area contributed by atoms with Crippen LogP contribution in [0.4, 0.5) is 0 Å². The Balaban J connectivity index is 4.29. The molecule has 43 heavy (non-hydrogen) atoms. The van der Waals surface area contributed by atoms with Crippen LogP contribution in [0.1, 0.15) is 124 Å². The largest absolute Gasteiger partial charge is 0.462 e. The number of carbonyl (C=O) groups excluding carboxylic acids is 3. The first-order valence-electron chi connectivity index (χ1n) is 16.4. The number of allylic oxidation sites excluding steroid dienone is 11. The van der Waals surface area contributed by atoms with Crippen molar-refractivity contribution in [2.24, 2.45) is 0 Å². The van der Waals surface area contributed by atoms with Crippen molar-refractivity contribution < 1.29 is 28.6 Å². The molecule has 0 rings (SSSR count). The lowest BCUT2D eigenvalue weighted by atomic mass is 10.2. The van der Waals surface area contributed by atoms with E-state index in [0.29, 0.717) is 12.8 Å². The molecule has 0 unspecified atom stereocenters. The molecule has 0 aliphatic carbocycles. The number of rotatable bonds is 27. The fraction of sp³-hybridized carbons (Fsp3) is 0.595. The Labute approximate surface area is 262 Å². The third kappa shape index (κ3) is 30.1. The highest BCUT2D eigenvalue weighted by Gasteiger charge is 2.19. The molecule has 0 amide bonds. The minimum Gasteiger partial charge on any atom is -0.462 e. The topological polar surface area (TPSA) is 78.9 Å². The average Bonchev–Trinajstić information content (AvgIpc) is 3.00. The van der Waals surface area contributed by atoms with Crippen LogP contribution in [0.15, 0.2) is 72.9 Å². The second-order valence-corrected chi connectivity index (χ2v) is 10.4. The van der Waals surface area contributed by atoms with Gasteiger partial charge in [-0.1, -0.05) is 126 Å². The van der Waals surface area contributed by atoms with E-state index in [1.807, 2.05) is 6.08 Å². The normalized spacial score (nSPS) is 12.3. The summed E-state index contributed by atoms with van der Waals surface area (Å²) >= 11 is 0. The molecule has 0 fully saturated rings. The molecule has 0 spiro atoms. The molecule has 0 aliphatic rings. The predicted octanol–water partition coefficient (Wildman–Crippen LogP) is 9.62. The zero-order valence-corrected chi connectivity index (χ0v) is 27.2. The summed E-state index contributed by atoms with van der Waals surface area (Å²) in [6.07, 6.45) is 37.6. The van der Waals surface area contributed by atoms with Crippen molar-refractivity contribution in [2.75, 3.05) is 13.2 Å². The van der Waals surface area contributed by atoms with Gasteiger partial charge in [0.1, 0.15) is 13.2 Å². The quantitative estimate of drug-likeness (QED) is 0.0405. The second kappa shape index (κ2) is 31.8. The van der Waals surface area contributed by atoms with E-state index in [2.05, 4.69) is 81.5 Å². The van der Waals surface area contributed by atoms with Crippen LogP contribution < -0.4 is 0 Å². The van der Waals surface area contributed by atoms with E-state index >= 15 is 0 Å². The van der Waals surface area contributed by atoms with E-state index in [1.54, 1.807) is 6.08 Å². The molecule has 0 radical (unpaired) electrons. The summed E-state index contributed by atoms with van der Waals surface area (Å²) in [5, 5.41) is 0. The van der Waals surface area contributed by atoms with Gasteiger partial charge in [0.15, 0.2) is 6.10 Å². The fourth-order valence-electron chi connectivity index (χ4n) is 3.72. The average molecular weight is 599 g/mol. The molecule has 0 aromatic heterocycles. The lowest BCUT2D eigenvalue weighted by Gasteiger charge is -2.18. The van der Waals surface area contributed by atoms with Crippen LogP contribution in [0.2, 0.25) is 0 Å². The van der Waals surface area contributed by atoms with E-state index in [4.69, 9.17) is 14.2 Å². The molecule has 6 heteroatoms.